The molecule has 0 aliphatic carbocycles. The summed E-state index contributed by atoms with van der Waals surface area (Å²) in [6.07, 6.45) is 1.42. The van der Waals surface area contributed by atoms with Gasteiger partial charge in [0.05, 0.1) is 12.0 Å². The van der Waals surface area contributed by atoms with Gasteiger partial charge < -0.3 is 18.8 Å². The summed E-state index contributed by atoms with van der Waals surface area (Å²) in [6, 6.07) is 1.65. The van der Waals surface area contributed by atoms with Crippen molar-refractivity contribution in [2.45, 2.75) is 0 Å². The van der Waals surface area contributed by atoms with Crippen LogP contribution in [0.25, 0.3) is 0 Å². The molecule has 1 aromatic rings. The van der Waals surface area contributed by atoms with Crippen LogP contribution in [-0.4, -0.2) is 21.3 Å². The Morgan fingerprint density at radius 3 is 2.54 bits per heavy atom. The van der Waals surface area contributed by atoms with E-state index < -0.39 is 7.60 Å². The van der Waals surface area contributed by atoms with Crippen LogP contribution in [0.15, 0.2) is 16.7 Å². The fraction of sp³-hybridized carbons (Fsp3) is 0.429. The third-order valence-corrected chi connectivity index (χ3v) is 3.45. The molecular formula is C7H12NO4P. The number of rotatable bonds is 4. The molecule has 0 aliphatic heterocycles. The first-order chi connectivity index (χ1) is 6.18. The summed E-state index contributed by atoms with van der Waals surface area (Å²) in [6.45, 7) is 0. The van der Waals surface area contributed by atoms with Crippen LogP contribution in [0.3, 0.4) is 0 Å². The summed E-state index contributed by atoms with van der Waals surface area (Å²) >= 11 is 0. The summed E-state index contributed by atoms with van der Waals surface area (Å²) in [4.78, 5) is 0. The number of furan rings is 1. The monoisotopic (exact) mass is 205 g/mol. The number of anilines is 1. The minimum Gasteiger partial charge on any atom is -0.454 e. The summed E-state index contributed by atoms with van der Waals surface area (Å²) in [5, 5.41) is 2.82. The standard InChI is InChI=1S/C7H12NO4P/c1-8-6-4-5-12-7(6)13(9,10-2)11-3/h4-5,8H,1-3H3. The third-order valence-electron chi connectivity index (χ3n) is 1.64. The second kappa shape index (κ2) is 3.96. The van der Waals surface area contributed by atoms with E-state index in [0.29, 0.717) is 5.69 Å². The van der Waals surface area contributed by atoms with E-state index in [4.69, 9.17) is 13.5 Å². The van der Waals surface area contributed by atoms with Gasteiger partial charge in [0.25, 0.3) is 0 Å². The highest BCUT2D eigenvalue weighted by Gasteiger charge is 2.31. The van der Waals surface area contributed by atoms with Crippen LogP contribution in [0.5, 0.6) is 0 Å². The predicted octanol–water partition coefficient (Wildman–Crippen LogP) is 1.43. The zero-order valence-corrected chi connectivity index (χ0v) is 8.63. The first-order valence-electron chi connectivity index (χ1n) is 3.65. The van der Waals surface area contributed by atoms with Crippen molar-refractivity contribution in [3.05, 3.63) is 12.3 Å². The van der Waals surface area contributed by atoms with E-state index >= 15 is 0 Å². The second-order valence-corrected chi connectivity index (χ2v) is 4.38. The Morgan fingerprint density at radius 2 is 2.08 bits per heavy atom. The van der Waals surface area contributed by atoms with E-state index in [0.717, 1.165) is 0 Å². The normalized spacial score (nSPS) is 11.6. The molecule has 0 bridgehead atoms. The van der Waals surface area contributed by atoms with Gasteiger partial charge in [-0.1, -0.05) is 0 Å². The molecule has 0 radical (unpaired) electrons. The van der Waals surface area contributed by atoms with Gasteiger partial charge in [-0.15, -0.1) is 0 Å². The molecular weight excluding hydrogens is 193 g/mol. The van der Waals surface area contributed by atoms with Crippen molar-refractivity contribution in [1.29, 1.82) is 0 Å². The van der Waals surface area contributed by atoms with Crippen molar-refractivity contribution in [1.82, 2.24) is 0 Å². The summed E-state index contributed by atoms with van der Waals surface area (Å²) < 4.78 is 26.4. The molecule has 0 aromatic carbocycles. The fourth-order valence-electron chi connectivity index (χ4n) is 0.944. The Labute approximate surface area is 76.6 Å². The average molecular weight is 205 g/mol. The molecule has 0 saturated carbocycles. The Kier molecular flexibility index (Phi) is 3.14. The Hall–Kier alpha value is -0.770. The van der Waals surface area contributed by atoms with E-state index in [1.165, 1.54) is 20.5 Å². The molecule has 1 aromatic heterocycles. The predicted molar refractivity (Wildman–Crippen MR) is 49.5 cm³/mol. The lowest BCUT2D eigenvalue weighted by Crippen LogP contribution is -2.09. The van der Waals surface area contributed by atoms with Crippen molar-refractivity contribution in [3.8, 4) is 0 Å². The molecule has 0 fully saturated rings. The maximum Gasteiger partial charge on any atom is 0.397 e. The highest BCUT2D eigenvalue weighted by molar-refractivity contribution is 7.62. The van der Waals surface area contributed by atoms with Crippen molar-refractivity contribution < 1.29 is 18.0 Å². The molecule has 6 heteroatoms. The van der Waals surface area contributed by atoms with Gasteiger partial charge in [-0.2, -0.15) is 0 Å². The SMILES string of the molecule is CNc1ccoc1P(=O)(OC)OC. The van der Waals surface area contributed by atoms with Gasteiger partial charge in [-0.25, -0.2) is 0 Å². The fourth-order valence-corrected chi connectivity index (χ4v) is 2.10. The van der Waals surface area contributed by atoms with Gasteiger partial charge >= 0.3 is 7.60 Å². The Bertz CT molecular complexity index is 314. The zero-order chi connectivity index (χ0) is 9.90. The Balaban J connectivity index is 3.12. The molecule has 1 heterocycles. The first-order valence-corrected chi connectivity index (χ1v) is 5.19. The maximum absolute atomic E-state index is 11.8. The van der Waals surface area contributed by atoms with E-state index in [9.17, 15) is 4.57 Å². The van der Waals surface area contributed by atoms with E-state index in [1.807, 2.05) is 0 Å². The van der Waals surface area contributed by atoms with Gasteiger partial charge in [0.2, 0.25) is 5.50 Å². The van der Waals surface area contributed by atoms with Crippen molar-refractivity contribution in [2.24, 2.45) is 0 Å². The number of hydrogen-bond acceptors (Lipinski definition) is 5. The molecule has 1 N–H and O–H groups in total. The van der Waals surface area contributed by atoms with Gasteiger partial charge in [-0.05, 0) is 0 Å². The molecule has 13 heavy (non-hydrogen) atoms. The lowest BCUT2D eigenvalue weighted by molar-refractivity contribution is 0.281. The van der Waals surface area contributed by atoms with Gasteiger partial charge in [0.1, 0.15) is 0 Å². The average Bonchev–Trinajstić information content (AvgIpc) is 2.65. The lowest BCUT2D eigenvalue weighted by Gasteiger charge is -2.11. The van der Waals surface area contributed by atoms with Crippen molar-refractivity contribution >= 4 is 18.8 Å². The molecule has 0 amide bonds. The smallest absolute Gasteiger partial charge is 0.397 e. The van der Waals surface area contributed by atoms with E-state index in [1.54, 1.807) is 13.1 Å². The van der Waals surface area contributed by atoms with Crippen LogP contribution in [-0.2, 0) is 13.6 Å². The van der Waals surface area contributed by atoms with Crippen LogP contribution >= 0.6 is 7.60 Å². The van der Waals surface area contributed by atoms with Crippen LogP contribution < -0.4 is 10.8 Å². The number of hydrogen-bond donors (Lipinski definition) is 1. The highest BCUT2D eigenvalue weighted by Crippen LogP contribution is 2.47. The molecule has 0 unspecified atom stereocenters. The topological polar surface area (TPSA) is 60.7 Å². The van der Waals surface area contributed by atoms with Gasteiger partial charge in [0, 0.05) is 27.3 Å². The largest absolute Gasteiger partial charge is 0.454 e. The molecule has 0 spiro atoms. The summed E-state index contributed by atoms with van der Waals surface area (Å²) in [5.41, 5.74) is 0.798. The summed E-state index contributed by atoms with van der Waals surface area (Å²) in [7, 11) is 1.05. The molecule has 0 atom stereocenters. The lowest BCUT2D eigenvalue weighted by atomic mass is 10.5. The molecule has 5 nitrogen and oxygen atoms in total. The minimum atomic E-state index is -3.27. The van der Waals surface area contributed by atoms with Gasteiger partial charge in [-0.3, -0.25) is 4.57 Å². The minimum absolute atomic E-state index is 0.194. The van der Waals surface area contributed by atoms with Crippen LogP contribution in [0.4, 0.5) is 5.69 Å². The Morgan fingerprint density at radius 1 is 1.46 bits per heavy atom. The van der Waals surface area contributed by atoms with Crippen LogP contribution in [0.1, 0.15) is 0 Å². The third kappa shape index (κ3) is 1.77. The quantitative estimate of drug-likeness (QED) is 0.753. The van der Waals surface area contributed by atoms with E-state index in [-0.39, 0.29) is 5.50 Å². The zero-order valence-electron chi connectivity index (χ0n) is 7.73. The van der Waals surface area contributed by atoms with Crippen molar-refractivity contribution in [2.75, 3.05) is 26.6 Å². The van der Waals surface area contributed by atoms with Crippen molar-refractivity contribution in [3.63, 3.8) is 0 Å². The highest BCUT2D eigenvalue weighted by atomic mass is 31.2. The maximum atomic E-state index is 11.8. The van der Waals surface area contributed by atoms with Crippen LogP contribution in [0, 0.1) is 0 Å². The number of nitrogens with one attached hydrogen (secondary N) is 1. The molecule has 1 rings (SSSR count). The van der Waals surface area contributed by atoms with E-state index in [2.05, 4.69) is 5.32 Å². The summed E-state index contributed by atoms with van der Waals surface area (Å²) in [5.74, 6) is 0. The molecule has 0 saturated heterocycles. The second-order valence-electron chi connectivity index (χ2n) is 2.25. The van der Waals surface area contributed by atoms with Gasteiger partial charge in [0.15, 0.2) is 0 Å². The molecule has 0 aliphatic rings. The molecule has 74 valence electrons. The van der Waals surface area contributed by atoms with Crippen LogP contribution in [0.2, 0.25) is 0 Å². The first kappa shape index (κ1) is 10.3.